The molecule has 1 aliphatic carbocycles. The van der Waals surface area contributed by atoms with E-state index in [0.29, 0.717) is 12.0 Å². The summed E-state index contributed by atoms with van der Waals surface area (Å²) in [7, 11) is -2.86. The van der Waals surface area contributed by atoms with Crippen LogP contribution in [0.4, 0.5) is 0 Å². The summed E-state index contributed by atoms with van der Waals surface area (Å²) in [6.45, 7) is 5.35. The van der Waals surface area contributed by atoms with Gasteiger partial charge in [0.15, 0.2) is 0 Å². The fourth-order valence-corrected chi connectivity index (χ4v) is 4.51. The Bertz CT molecular complexity index is 340. The summed E-state index contributed by atoms with van der Waals surface area (Å²) >= 11 is 0. The average molecular weight is 289 g/mol. The van der Waals surface area contributed by atoms with Crippen LogP contribution in [0.1, 0.15) is 65.2 Å². The van der Waals surface area contributed by atoms with E-state index in [1.165, 1.54) is 38.4 Å². The molecule has 1 fully saturated rings. The van der Waals surface area contributed by atoms with Gasteiger partial charge in [0, 0.05) is 12.3 Å². The molecule has 0 aliphatic heterocycles. The molecular weight excluding hydrogens is 258 g/mol. The topological polar surface area (TPSA) is 46.2 Å². The molecule has 0 radical (unpaired) electrons. The van der Waals surface area contributed by atoms with Crippen molar-refractivity contribution in [2.75, 3.05) is 12.8 Å². The van der Waals surface area contributed by atoms with Gasteiger partial charge in [-0.3, -0.25) is 0 Å². The zero-order chi connectivity index (χ0) is 14.3. The van der Waals surface area contributed by atoms with E-state index in [1.807, 2.05) is 0 Å². The lowest BCUT2D eigenvalue weighted by Crippen LogP contribution is -2.41. The van der Waals surface area contributed by atoms with Crippen LogP contribution in [0.5, 0.6) is 0 Å². The van der Waals surface area contributed by atoms with Gasteiger partial charge in [-0.2, -0.15) is 0 Å². The molecule has 0 amide bonds. The maximum atomic E-state index is 11.8. The molecule has 1 aliphatic rings. The Labute approximate surface area is 119 Å². The minimum absolute atomic E-state index is 0.0985. The molecule has 0 aromatic carbocycles. The van der Waals surface area contributed by atoms with Crippen molar-refractivity contribution in [1.29, 1.82) is 0 Å². The van der Waals surface area contributed by atoms with Gasteiger partial charge in [-0.25, -0.2) is 8.42 Å². The van der Waals surface area contributed by atoms with Crippen LogP contribution in [0.15, 0.2) is 0 Å². The van der Waals surface area contributed by atoms with Crippen LogP contribution in [-0.2, 0) is 9.84 Å². The van der Waals surface area contributed by atoms with Crippen LogP contribution < -0.4 is 5.32 Å². The first kappa shape index (κ1) is 17.0. The first-order chi connectivity index (χ1) is 8.99. The number of unbranched alkanes of at least 4 members (excludes halogenated alkanes) is 2. The van der Waals surface area contributed by atoms with Crippen LogP contribution >= 0.6 is 0 Å². The molecule has 19 heavy (non-hydrogen) atoms. The van der Waals surface area contributed by atoms with Crippen molar-refractivity contribution in [3.8, 4) is 0 Å². The van der Waals surface area contributed by atoms with Crippen LogP contribution in [0.25, 0.3) is 0 Å². The van der Waals surface area contributed by atoms with Crippen molar-refractivity contribution < 1.29 is 8.42 Å². The lowest BCUT2D eigenvalue weighted by atomic mass is 9.81. The Morgan fingerprint density at radius 3 is 2.53 bits per heavy atom. The van der Waals surface area contributed by atoms with E-state index in [2.05, 4.69) is 19.2 Å². The molecule has 1 rings (SSSR count). The number of rotatable bonds is 8. The molecule has 0 heterocycles. The highest BCUT2D eigenvalue weighted by Crippen LogP contribution is 2.32. The number of nitrogens with one attached hydrogen (secondary N) is 1. The van der Waals surface area contributed by atoms with Gasteiger partial charge in [0.05, 0.1) is 5.25 Å². The van der Waals surface area contributed by atoms with Gasteiger partial charge in [-0.15, -0.1) is 0 Å². The Kier molecular flexibility index (Phi) is 7.37. The maximum Gasteiger partial charge on any atom is 0.150 e. The average Bonchev–Trinajstić information content (AvgIpc) is 2.37. The summed E-state index contributed by atoms with van der Waals surface area (Å²) in [6.07, 6.45) is 10.4. The number of hydrogen-bond acceptors (Lipinski definition) is 3. The fourth-order valence-electron chi connectivity index (χ4n) is 3.32. The van der Waals surface area contributed by atoms with Crippen LogP contribution in [0.2, 0.25) is 0 Å². The zero-order valence-corrected chi connectivity index (χ0v) is 13.6. The first-order valence-corrected chi connectivity index (χ1v) is 9.86. The third-order valence-electron chi connectivity index (χ3n) is 4.43. The van der Waals surface area contributed by atoms with Gasteiger partial charge in [0.25, 0.3) is 0 Å². The largest absolute Gasteiger partial charge is 0.314 e. The molecule has 0 aromatic rings. The molecule has 1 N–H and O–H groups in total. The minimum atomic E-state index is -2.86. The normalized spacial score (nSPS) is 26.3. The molecule has 3 unspecified atom stereocenters. The monoisotopic (exact) mass is 289 g/mol. The lowest BCUT2D eigenvalue weighted by Gasteiger charge is -2.34. The molecule has 0 saturated heterocycles. The van der Waals surface area contributed by atoms with Gasteiger partial charge >= 0.3 is 0 Å². The fraction of sp³-hybridized carbons (Fsp3) is 1.00. The van der Waals surface area contributed by atoms with E-state index >= 15 is 0 Å². The first-order valence-electron chi connectivity index (χ1n) is 7.91. The summed E-state index contributed by atoms with van der Waals surface area (Å²) in [5, 5.41) is 3.49. The number of sulfone groups is 1. The van der Waals surface area contributed by atoms with E-state index in [1.54, 1.807) is 0 Å². The number of hydrogen-bond donors (Lipinski definition) is 1. The molecule has 3 atom stereocenters. The smallest absolute Gasteiger partial charge is 0.150 e. The molecule has 4 heteroatoms. The second-order valence-electron chi connectivity index (χ2n) is 6.04. The lowest BCUT2D eigenvalue weighted by molar-refractivity contribution is 0.257. The summed E-state index contributed by atoms with van der Waals surface area (Å²) in [6, 6.07) is 0.515. The van der Waals surface area contributed by atoms with Gasteiger partial charge in [-0.1, -0.05) is 39.5 Å². The third-order valence-corrected chi connectivity index (χ3v) is 6.07. The van der Waals surface area contributed by atoms with E-state index in [9.17, 15) is 8.42 Å². The molecule has 0 aromatic heterocycles. The summed E-state index contributed by atoms with van der Waals surface area (Å²) in [5.74, 6) is 0.547. The van der Waals surface area contributed by atoms with Crippen molar-refractivity contribution in [1.82, 2.24) is 5.32 Å². The van der Waals surface area contributed by atoms with Crippen LogP contribution in [0, 0.1) is 5.92 Å². The summed E-state index contributed by atoms with van der Waals surface area (Å²) in [5.41, 5.74) is 0. The maximum absolute atomic E-state index is 11.8. The molecular formula is C15H31NO2S. The minimum Gasteiger partial charge on any atom is -0.314 e. The Morgan fingerprint density at radius 2 is 1.95 bits per heavy atom. The predicted octanol–water partition coefficient (Wildman–Crippen LogP) is 3.15. The van der Waals surface area contributed by atoms with Crippen molar-refractivity contribution >= 4 is 9.84 Å². The van der Waals surface area contributed by atoms with Gasteiger partial charge in [-0.05, 0) is 38.1 Å². The van der Waals surface area contributed by atoms with Crippen molar-refractivity contribution in [2.24, 2.45) is 5.92 Å². The van der Waals surface area contributed by atoms with Gasteiger partial charge in [0.2, 0.25) is 0 Å². The molecule has 0 spiro atoms. The van der Waals surface area contributed by atoms with Crippen LogP contribution in [-0.4, -0.2) is 32.5 Å². The van der Waals surface area contributed by atoms with Gasteiger partial charge in [0.1, 0.15) is 9.84 Å². The van der Waals surface area contributed by atoms with Crippen molar-refractivity contribution in [3.63, 3.8) is 0 Å². The molecule has 1 saturated carbocycles. The van der Waals surface area contributed by atoms with E-state index < -0.39 is 9.84 Å². The zero-order valence-electron chi connectivity index (χ0n) is 12.8. The van der Waals surface area contributed by atoms with Crippen LogP contribution in [0.3, 0.4) is 0 Å². The summed E-state index contributed by atoms with van der Waals surface area (Å²) < 4.78 is 23.5. The van der Waals surface area contributed by atoms with Crippen molar-refractivity contribution in [3.05, 3.63) is 0 Å². The Hall–Kier alpha value is -0.0900. The second-order valence-corrected chi connectivity index (χ2v) is 8.36. The quantitative estimate of drug-likeness (QED) is 0.698. The van der Waals surface area contributed by atoms with Crippen molar-refractivity contribution in [2.45, 2.75) is 76.5 Å². The molecule has 3 nitrogen and oxygen atoms in total. The standard InChI is InChI=1S/C15H31NO2S/c1-4-6-7-11-15(16-5-2)13-9-8-10-14(12-13)19(3,17)18/h13-16H,4-12H2,1-3H3. The highest BCUT2D eigenvalue weighted by Gasteiger charge is 2.32. The van der Waals surface area contributed by atoms with Gasteiger partial charge < -0.3 is 5.32 Å². The summed E-state index contributed by atoms with van der Waals surface area (Å²) in [4.78, 5) is 0. The Balaban J connectivity index is 2.57. The SMILES string of the molecule is CCCCCC(NCC)C1CCCC(S(C)(=O)=O)C1. The predicted molar refractivity (Wildman–Crippen MR) is 82.2 cm³/mol. The highest BCUT2D eigenvalue weighted by atomic mass is 32.2. The molecule has 114 valence electrons. The molecule has 0 bridgehead atoms. The second kappa shape index (κ2) is 8.25. The van der Waals surface area contributed by atoms with E-state index in [4.69, 9.17) is 0 Å². The van der Waals surface area contributed by atoms with E-state index in [-0.39, 0.29) is 5.25 Å². The Morgan fingerprint density at radius 1 is 1.21 bits per heavy atom. The van der Waals surface area contributed by atoms with E-state index in [0.717, 1.165) is 25.8 Å². The third kappa shape index (κ3) is 5.82. The highest BCUT2D eigenvalue weighted by molar-refractivity contribution is 7.91.